The summed E-state index contributed by atoms with van der Waals surface area (Å²) in [5.74, 6) is -2.98. The molecular weight excluding hydrogens is 597 g/mol. The highest BCUT2D eigenvalue weighted by Gasteiger charge is 2.21. The van der Waals surface area contributed by atoms with Crippen molar-refractivity contribution in [1.29, 1.82) is 5.26 Å². The van der Waals surface area contributed by atoms with Crippen LogP contribution < -0.4 is 4.74 Å². The predicted octanol–water partition coefficient (Wildman–Crippen LogP) is 6.71. The molecule has 5 aromatic rings. The molecule has 0 saturated carbocycles. The van der Waals surface area contributed by atoms with E-state index in [-0.39, 0.29) is 71.2 Å². The number of hydrogen-bond donors (Lipinski definition) is 1. The molecule has 1 N–H and O–H groups in total. The highest BCUT2D eigenvalue weighted by atomic mass is 19.1. The number of nitrogens with zero attached hydrogens (tertiary/aromatic N) is 4. The van der Waals surface area contributed by atoms with Crippen molar-refractivity contribution in [3.8, 4) is 23.2 Å². The lowest BCUT2D eigenvalue weighted by Gasteiger charge is -2.14. The van der Waals surface area contributed by atoms with E-state index in [0.717, 1.165) is 18.2 Å². The summed E-state index contributed by atoms with van der Waals surface area (Å²) in [4.78, 5) is 33.0. The van der Waals surface area contributed by atoms with E-state index in [2.05, 4.69) is 9.97 Å². The number of imidazole rings is 1. The summed E-state index contributed by atoms with van der Waals surface area (Å²) in [7, 11) is 0. The number of nitriles is 1. The van der Waals surface area contributed by atoms with E-state index in [4.69, 9.17) is 10.00 Å². The Morgan fingerprint density at radius 2 is 1.80 bits per heavy atom. The minimum Gasteiger partial charge on any atom is -0.478 e. The van der Waals surface area contributed by atoms with Gasteiger partial charge in [-0.2, -0.15) is 5.26 Å². The average molecular weight is 621 g/mol. The SMILES string of the molecule is N#Cc1ccc(COc2cccc(-c3cc(F)c(Cc4nc5ccc(C(=O)O)cc5n4CC4=CC=CCC4=O)cc3F)n2)c(F)c1. The number of aromatic nitrogens is 3. The van der Waals surface area contributed by atoms with Crippen molar-refractivity contribution in [1.82, 2.24) is 14.5 Å². The lowest BCUT2D eigenvalue weighted by atomic mass is 10.0. The van der Waals surface area contributed by atoms with E-state index in [9.17, 15) is 19.1 Å². The van der Waals surface area contributed by atoms with Crippen molar-refractivity contribution >= 4 is 22.8 Å². The van der Waals surface area contributed by atoms with Gasteiger partial charge in [0.25, 0.3) is 0 Å². The molecule has 6 rings (SSSR count). The van der Waals surface area contributed by atoms with Gasteiger partial charge in [0.1, 0.15) is 29.9 Å². The molecule has 0 radical (unpaired) electrons. The largest absolute Gasteiger partial charge is 0.478 e. The van der Waals surface area contributed by atoms with Gasteiger partial charge in [-0.1, -0.05) is 30.4 Å². The second kappa shape index (κ2) is 12.5. The van der Waals surface area contributed by atoms with Gasteiger partial charge in [-0.3, -0.25) is 4.79 Å². The Kier molecular flexibility index (Phi) is 8.18. The maximum absolute atomic E-state index is 15.6. The molecule has 0 unspecified atom stereocenters. The van der Waals surface area contributed by atoms with Crippen LogP contribution in [0.15, 0.2) is 90.5 Å². The van der Waals surface area contributed by atoms with E-state index < -0.39 is 23.4 Å². The van der Waals surface area contributed by atoms with Crippen molar-refractivity contribution in [2.24, 2.45) is 0 Å². The first kappa shape index (κ1) is 30.0. The highest BCUT2D eigenvalue weighted by molar-refractivity contribution is 5.98. The topological polar surface area (TPSA) is 118 Å². The molecule has 3 aromatic carbocycles. The number of aromatic carboxylic acids is 1. The van der Waals surface area contributed by atoms with E-state index in [0.29, 0.717) is 22.4 Å². The molecule has 2 heterocycles. The molecule has 0 amide bonds. The summed E-state index contributed by atoms with van der Waals surface area (Å²) in [5.41, 5.74) is 1.69. The number of benzene rings is 3. The van der Waals surface area contributed by atoms with Gasteiger partial charge < -0.3 is 14.4 Å². The molecule has 8 nitrogen and oxygen atoms in total. The van der Waals surface area contributed by atoms with Crippen LogP contribution in [0.3, 0.4) is 0 Å². The van der Waals surface area contributed by atoms with Gasteiger partial charge in [-0.05, 0) is 54.1 Å². The van der Waals surface area contributed by atoms with Crippen molar-refractivity contribution in [2.75, 3.05) is 0 Å². The Hall–Kier alpha value is -6.02. The van der Waals surface area contributed by atoms with E-state index in [1.807, 2.05) is 6.07 Å². The Morgan fingerprint density at radius 3 is 2.57 bits per heavy atom. The number of fused-ring (bicyclic) bond motifs is 1. The van der Waals surface area contributed by atoms with Crippen LogP contribution in [0.1, 0.15) is 39.3 Å². The number of pyridine rings is 1. The first-order chi connectivity index (χ1) is 22.2. The number of allylic oxidation sites excluding steroid dienone is 4. The average Bonchev–Trinajstić information content (AvgIpc) is 3.38. The molecule has 0 saturated heterocycles. The smallest absolute Gasteiger partial charge is 0.335 e. The molecule has 2 aromatic heterocycles. The van der Waals surface area contributed by atoms with Gasteiger partial charge >= 0.3 is 5.97 Å². The van der Waals surface area contributed by atoms with Crippen LogP contribution in [-0.4, -0.2) is 31.4 Å². The molecule has 46 heavy (non-hydrogen) atoms. The number of carbonyl (C=O) groups is 2. The number of carbonyl (C=O) groups excluding carboxylic acids is 1. The van der Waals surface area contributed by atoms with Gasteiger partial charge in [-0.25, -0.2) is 27.9 Å². The van der Waals surface area contributed by atoms with Crippen molar-refractivity contribution in [3.05, 3.63) is 136 Å². The number of rotatable bonds is 9. The summed E-state index contributed by atoms with van der Waals surface area (Å²) < 4.78 is 52.6. The third-order valence-electron chi connectivity index (χ3n) is 7.54. The summed E-state index contributed by atoms with van der Waals surface area (Å²) in [6.45, 7) is -0.124. The fourth-order valence-corrected chi connectivity index (χ4v) is 5.13. The Morgan fingerprint density at radius 1 is 0.978 bits per heavy atom. The van der Waals surface area contributed by atoms with Crippen LogP contribution in [-0.2, 0) is 24.4 Å². The van der Waals surface area contributed by atoms with Crippen LogP contribution in [0.25, 0.3) is 22.3 Å². The second-order valence-corrected chi connectivity index (χ2v) is 10.5. The van der Waals surface area contributed by atoms with Crippen LogP contribution in [0.4, 0.5) is 13.2 Å². The molecular formula is C35H23F3N4O4. The summed E-state index contributed by atoms with van der Waals surface area (Å²) in [6, 6.07) is 16.8. The maximum atomic E-state index is 15.6. The highest BCUT2D eigenvalue weighted by Crippen LogP contribution is 2.29. The summed E-state index contributed by atoms with van der Waals surface area (Å²) >= 11 is 0. The third kappa shape index (κ3) is 6.14. The summed E-state index contributed by atoms with van der Waals surface area (Å²) in [5, 5.41) is 18.4. The second-order valence-electron chi connectivity index (χ2n) is 10.5. The van der Waals surface area contributed by atoms with Crippen LogP contribution in [0, 0.1) is 28.8 Å². The summed E-state index contributed by atoms with van der Waals surface area (Å²) in [6.07, 6.45) is 5.23. The monoisotopic (exact) mass is 620 g/mol. The minimum absolute atomic E-state index is 0.0104. The molecule has 0 fully saturated rings. The molecule has 0 aliphatic heterocycles. The number of ketones is 1. The molecule has 228 valence electrons. The standard InChI is InChI=1S/C35H23F3N4O4/c36-26-12-20(17-39)8-9-23(26)19-46-34-7-3-5-29(41-34)25-16-27(37)24(13-28(25)38)15-33-40-30-11-10-21(35(44)45)14-31(30)42(33)18-22-4-1-2-6-32(22)43/h1-5,7-14,16H,6,15,18-19H2,(H,44,45). The van der Waals surface area contributed by atoms with Gasteiger partial charge in [0.15, 0.2) is 5.78 Å². The Labute approximate surface area is 260 Å². The van der Waals surface area contributed by atoms with Gasteiger partial charge in [0.2, 0.25) is 5.88 Å². The lowest BCUT2D eigenvalue weighted by molar-refractivity contribution is -0.115. The molecule has 0 spiro atoms. The molecule has 11 heteroatoms. The van der Waals surface area contributed by atoms with Crippen molar-refractivity contribution in [2.45, 2.75) is 26.0 Å². The first-order valence-electron chi connectivity index (χ1n) is 14.1. The number of hydrogen-bond acceptors (Lipinski definition) is 6. The van der Waals surface area contributed by atoms with Crippen LogP contribution >= 0.6 is 0 Å². The Balaban J connectivity index is 1.29. The van der Waals surface area contributed by atoms with Crippen molar-refractivity contribution in [3.63, 3.8) is 0 Å². The first-order valence-corrected chi connectivity index (χ1v) is 14.1. The molecule has 0 bridgehead atoms. The number of Topliss-reactive ketones (excluding diaryl/α,β-unsaturated/α-hetero) is 1. The molecule has 1 aliphatic carbocycles. The zero-order chi connectivity index (χ0) is 32.4. The predicted molar refractivity (Wildman–Crippen MR) is 161 cm³/mol. The van der Waals surface area contributed by atoms with Gasteiger partial charge in [0.05, 0.1) is 40.5 Å². The number of carboxylic acids is 1. The minimum atomic E-state index is -1.14. The normalized spacial score (nSPS) is 12.7. The van der Waals surface area contributed by atoms with Gasteiger partial charge in [-0.15, -0.1) is 0 Å². The third-order valence-corrected chi connectivity index (χ3v) is 7.54. The number of ether oxygens (including phenoxy) is 1. The van der Waals surface area contributed by atoms with Crippen LogP contribution in [0.2, 0.25) is 0 Å². The number of carboxylic acid groups (broad SMARTS) is 1. The van der Waals surface area contributed by atoms with E-state index in [1.54, 1.807) is 28.9 Å². The number of halogens is 3. The zero-order valence-corrected chi connectivity index (χ0v) is 24.0. The quantitative estimate of drug-likeness (QED) is 0.195. The fourth-order valence-electron chi connectivity index (χ4n) is 5.13. The van der Waals surface area contributed by atoms with Crippen LogP contribution in [0.5, 0.6) is 5.88 Å². The molecule has 1 aliphatic rings. The van der Waals surface area contributed by atoms with E-state index >= 15 is 8.78 Å². The zero-order valence-electron chi connectivity index (χ0n) is 24.0. The van der Waals surface area contributed by atoms with E-state index in [1.165, 1.54) is 42.5 Å². The van der Waals surface area contributed by atoms with Crippen molar-refractivity contribution < 1.29 is 32.6 Å². The fraction of sp³-hybridized carbons (Fsp3) is 0.114. The lowest BCUT2D eigenvalue weighted by Crippen LogP contribution is -2.14. The Bertz CT molecular complexity index is 2150. The molecule has 0 atom stereocenters. The maximum Gasteiger partial charge on any atom is 0.335 e. The van der Waals surface area contributed by atoms with Gasteiger partial charge in [0, 0.05) is 35.6 Å².